The van der Waals surface area contributed by atoms with E-state index >= 15 is 0 Å². The monoisotopic (exact) mass is 364 g/mol. The van der Waals surface area contributed by atoms with Gasteiger partial charge in [-0.15, -0.1) is 31.7 Å². The van der Waals surface area contributed by atoms with Gasteiger partial charge in [0.05, 0.1) is 10.8 Å². The zero-order valence-corrected chi connectivity index (χ0v) is 14.2. The van der Waals surface area contributed by atoms with Gasteiger partial charge in [-0.2, -0.15) is 0 Å². The maximum Gasteiger partial charge on any atom is 0.277 e. The van der Waals surface area contributed by atoms with Gasteiger partial charge < -0.3 is 8.83 Å². The van der Waals surface area contributed by atoms with Crippen LogP contribution in [-0.4, -0.2) is 20.4 Å². The average molecular weight is 365 g/mol. The number of hydrogen-bond donors (Lipinski definition) is 0. The molecule has 4 rings (SSSR count). The fourth-order valence-electron chi connectivity index (χ4n) is 2.03. The van der Waals surface area contributed by atoms with E-state index in [-0.39, 0.29) is 0 Å². The molecule has 0 bridgehead atoms. The van der Waals surface area contributed by atoms with Crippen molar-refractivity contribution in [2.75, 3.05) is 0 Å². The first-order valence-electron chi connectivity index (χ1n) is 6.63. The van der Waals surface area contributed by atoms with Crippen molar-refractivity contribution in [2.45, 2.75) is 17.9 Å². The zero-order chi connectivity index (χ0) is 15.8. The first-order chi connectivity index (χ1) is 11.2. The SMILES string of the molecule is Cc1nnc(CSc2nnc(-c3sc4ccccc4c3Cl)o2)o1. The lowest BCUT2D eigenvalue weighted by atomic mass is 10.2. The number of nitrogens with zero attached hydrogens (tertiary/aromatic N) is 4. The first-order valence-corrected chi connectivity index (χ1v) is 8.81. The van der Waals surface area contributed by atoms with Crippen molar-refractivity contribution >= 4 is 44.8 Å². The minimum atomic E-state index is 0.417. The van der Waals surface area contributed by atoms with Crippen LogP contribution in [0.3, 0.4) is 0 Å². The number of hydrogen-bond acceptors (Lipinski definition) is 8. The van der Waals surface area contributed by atoms with Crippen LogP contribution in [0.5, 0.6) is 0 Å². The zero-order valence-electron chi connectivity index (χ0n) is 11.8. The van der Waals surface area contributed by atoms with Gasteiger partial charge in [-0.1, -0.05) is 41.6 Å². The van der Waals surface area contributed by atoms with Crippen LogP contribution in [0, 0.1) is 6.92 Å². The van der Waals surface area contributed by atoms with E-state index in [1.165, 1.54) is 23.1 Å². The highest BCUT2D eigenvalue weighted by Gasteiger charge is 2.18. The molecule has 9 heteroatoms. The van der Waals surface area contributed by atoms with Crippen molar-refractivity contribution in [3.05, 3.63) is 41.1 Å². The second kappa shape index (κ2) is 5.95. The number of thiophene rings is 1. The van der Waals surface area contributed by atoms with Gasteiger partial charge in [0.2, 0.25) is 11.8 Å². The molecule has 6 nitrogen and oxygen atoms in total. The van der Waals surface area contributed by atoms with Gasteiger partial charge in [0.1, 0.15) is 4.88 Å². The maximum absolute atomic E-state index is 6.42. The molecule has 0 unspecified atom stereocenters. The Bertz CT molecular complexity index is 978. The number of aryl methyl sites for hydroxylation is 1. The summed E-state index contributed by atoms with van der Waals surface area (Å²) in [5, 5.41) is 17.9. The summed E-state index contributed by atoms with van der Waals surface area (Å²) in [7, 11) is 0. The van der Waals surface area contributed by atoms with E-state index in [1.54, 1.807) is 6.92 Å². The van der Waals surface area contributed by atoms with E-state index in [2.05, 4.69) is 20.4 Å². The van der Waals surface area contributed by atoms with Gasteiger partial charge in [0.15, 0.2) is 0 Å². The highest BCUT2D eigenvalue weighted by Crippen LogP contribution is 2.41. The fourth-order valence-corrected chi connectivity index (χ4v) is 4.06. The Hall–Kier alpha value is -1.90. The molecule has 3 aromatic heterocycles. The minimum absolute atomic E-state index is 0.417. The lowest BCUT2D eigenvalue weighted by Crippen LogP contribution is -1.80. The third kappa shape index (κ3) is 2.85. The largest absolute Gasteiger partial charge is 0.425 e. The van der Waals surface area contributed by atoms with Gasteiger partial charge in [-0.05, 0) is 6.07 Å². The summed E-state index contributed by atoms with van der Waals surface area (Å²) in [6.07, 6.45) is 0. The predicted molar refractivity (Wildman–Crippen MR) is 88.7 cm³/mol. The Kier molecular flexibility index (Phi) is 3.80. The molecule has 0 spiro atoms. The molecular formula is C14H9ClN4O2S2. The van der Waals surface area contributed by atoms with Crippen molar-refractivity contribution in [1.82, 2.24) is 20.4 Å². The summed E-state index contributed by atoms with van der Waals surface area (Å²) in [6, 6.07) is 7.91. The van der Waals surface area contributed by atoms with E-state index in [0.29, 0.717) is 33.7 Å². The summed E-state index contributed by atoms with van der Waals surface area (Å²) in [5.74, 6) is 1.94. The summed E-state index contributed by atoms with van der Waals surface area (Å²) in [5.41, 5.74) is 0. The first kappa shape index (κ1) is 14.7. The predicted octanol–water partition coefficient (Wildman–Crippen LogP) is 4.59. The Balaban J connectivity index is 1.58. The number of thioether (sulfide) groups is 1. The molecule has 3 heterocycles. The number of rotatable bonds is 4. The van der Waals surface area contributed by atoms with Gasteiger partial charge in [-0.25, -0.2) is 0 Å². The molecule has 0 radical (unpaired) electrons. The summed E-state index contributed by atoms with van der Waals surface area (Å²) >= 11 is 9.29. The molecule has 0 amide bonds. The Morgan fingerprint density at radius 3 is 2.78 bits per heavy atom. The quantitative estimate of drug-likeness (QED) is 0.490. The molecule has 0 saturated carbocycles. The lowest BCUT2D eigenvalue weighted by molar-refractivity contribution is 0.462. The van der Waals surface area contributed by atoms with Crippen LogP contribution in [0.25, 0.3) is 20.9 Å². The van der Waals surface area contributed by atoms with Gasteiger partial charge in [0, 0.05) is 17.0 Å². The molecule has 0 aliphatic rings. The molecule has 4 aromatic rings. The minimum Gasteiger partial charge on any atom is -0.425 e. The standard InChI is InChI=1S/C14H9ClN4O2S2/c1-7-16-17-10(20-7)6-22-14-19-18-13(21-14)12-11(15)8-4-2-3-5-9(8)23-12/h2-5H,6H2,1H3. The molecule has 0 aliphatic carbocycles. The topological polar surface area (TPSA) is 77.8 Å². The molecule has 0 aliphatic heterocycles. The smallest absolute Gasteiger partial charge is 0.277 e. The molecule has 0 N–H and O–H groups in total. The highest BCUT2D eigenvalue weighted by molar-refractivity contribution is 7.98. The number of fused-ring (bicyclic) bond motifs is 1. The Morgan fingerprint density at radius 1 is 1.13 bits per heavy atom. The van der Waals surface area contributed by atoms with E-state index in [1.807, 2.05) is 24.3 Å². The number of aromatic nitrogens is 4. The molecule has 23 heavy (non-hydrogen) atoms. The average Bonchev–Trinajstić information content (AvgIpc) is 3.25. The fraction of sp³-hybridized carbons (Fsp3) is 0.143. The second-order valence-electron chi connectivity index (χ2n) is 4.62. The molecule has 0 saturated heterocycles. The molecule has 116 valence electrons. The molecule has 0 atom stereocenters. The number of benzene rings is 1. The highest BCUT2D eigenvalue weighted by atomic mass is 35.5. The third-order valence-corrected chi connectivity index (χ3v) is 5.49. The van der Waals surface area contributed by atoms with Crippen LogP contribution >= 0.6 is 34.7 Å². The van der Waals surface area contributed by atoms with Crippen LogP contribution in [0.1, 0.15) is 11.8 Å². The van der Waals surface area contributed by atoms with E-state index < -0.39 is 0 Å². The van der Waals surface area contributed by atoms with Crippen molar-refractivity contribution in [2.24, 2.45) is 0 Å². The van der Waals surface area contributed by atoms with Crippen LogP contribution in [0.2, 0.25) is 5.02 Å². The summed E-state index contributed by atoms with van der Waals surface area (Å²) in [4.78, 5) is 0.779. The van der Waals surface area contributed by atoms with E-state index in [0.717, 1.165) is 15.0 Å². The maximum atomic E-state index is 6.42. The van der Waals surface area contributed by atoms with Crippen molar-refractivity contribution in [3.8, 4) is 10.8 Å². The van der Waals surface area contributed by atoms with Crippen LogP contribution in [-0.2, 0) is 5.75 Å². The molecule has 1 aromatic carbocycles. The normalized spacial score (nSPS) is 11.4. The van der Waals surface area contributed by atoms with Crippen LogP contribution < -0.4 is 0 Å². The van der Waals surface area contributed by atoms with Crippen LogP contribution in [0.15, 0.2) is 38.3 Å². The Labute approximate surface area is 143 Å². The Morgan fingerprint density at radius 2 is 2.00 bits per heavy atom. The van der Waals surface area contributed by atoms with Crippen molar-refractivity contribution < 1.29 is 8.83 Å². The summed E-state index contributed by atoms with van der Waals surface area (Å²) in [6.45, 7) is 1.75. The third-order valence-electron chi connectivity index (χ3n) is 3.02. The van der Waals surface area contributed by atoms with Crippen molar-refractivity contribution in [1.29, 1.82) is 0 Å². The van der Waals surface area contributed by atoms with E-state index in [4.69, 9.17) is 20.4 Å². The second-order valence-corrected chi connectivity index (χ2v) is 6.97. The van der Waals surface area contributed by atoms with Gasteiger partial charge >= 0.3 is 0 Å². The van der Waals surface area contributed by atoms with Crippen LogP contribution in [0.4, 0.5) is 0 Å². The summed E-state index contributed by atoms with van der Waals surface area (Å²) < 4.78 is 12.1. The van der Waals surface area contributed by atoms with Crippen molar-refractivity contribution in [3.63, 3.8) is 0 Å². The molecular weight excluding hydrogens is 356 g/mol. The van der Waals surface area contributed by atoms with Gasteiger partial charge in [-0.3, -0.25) is 0 Å². The van der Waals surface area contributed by atoms with E-state index in [9.17, 15) is 0 Å². The number of halogens is 1. The molecule has 0 fully saturated rings. The van der Waals surface area contributed by atoms with Gasteiger partial charge in [0.25, 0.3) is 11.1 Å². The lowest BCUT2D eigenvalue weighted by Gasteiger charge is -1.91.